The molecular formula is C54H105NO5. The molecule has 0 bridgehead atoms. The largest absolute Gasteiger partial charge is 0.466 e. The maximum atomic E-state index is 12.4. The predicted octanol–water partition coefficient (Wildman–Crippen LogP) is 16.1. The highest BCUT2D eigenvalue weighted by atomic mass is 16.5. The van der Waals surface area contributed by atoms with Gasteiger partial charge in [0, 0.05) is 12.8 Å². The Hall–Kier alpha value is -1.40. The summed E-state index contributed by atoms with van der Waals surface area (Å²) < 4.78 is 5.45. The number of carbonyl (C=O) groups is 2. The van der Waals surface area contributed by atoms with E-state index in [1.807, 2.05) is 0 Å². The Kier molecular flexibility index (Phi) is 49.1. The Morgan fingerprint density at radius 1 is 0.450 bits per heavy atom. The highest BCUT2D eigenvalue weighted by Crippen LogP contribution is 2.17. The third-order valence-corrected chi connectivity index (χ3v) is 12.6. The Labute approximate surface area is 374 Å². The molecule has 0 aliphatic carbocycles. The molecule has 0 aromatic heterocycles. The summed E-state index contributed by atoms with van der Waals surface area (Å²) in [4.78, 5) is 24.4. The molecule has 0 aromatic carbocycles. The second-order valence-corrected chi connectivity index (χ2v) is 18.6. The van der Waals surface area contributed by atoms with E-state index in [0.29, 0.717) is 25.9 Å². The summed E-state index contributed by atoms with van der Waals surface area (Å²) >= 11 is 0. The van der Waals surface area contributed by atoms with Gasteiger partial charge in [0.15, 0.2) is 0 Å². The summed E-state index contributed by atoms with van der Waals surface area (Å²) in [5.41, 5.74) is 0. The van der Waals surface area contributed by atoms with Crippen molar-refractivity contribution in [3.63, 3.8) is 0 Å². The number of unbranched alkanes of at least 4 members (excludes halogenated alkanes) is 37. The molecule has 2 atom stereocenters. The molecule has 0 fully saturated rings. The maximum absolute atomic E-state index is 12.4. The van der Waals surface area contributed by atoms with Gasteiger partial charge in [-0.05, 0) is 51.4 Å². The van der Waals surface area contributed by atoms with Crippen LogP contribution in [-0.4, -0.2) is 47.4 Å². The number of hydrogen-bond donors (Lipinski definition) is 3. The van der Waals surface area contributed by atoms with Gasteiger partial charge >= 0.3 is 5.97 Å². The third kappa shape index (κ3) is 46.1. The molecule has 0 spiro atoms. The predicted molar refractivity (Wildman–Crippen MR) is 260 cm³/mol. The Morgan fingerprint density at radius 3 is 1.18 bits per heavy atom. The second-order valence-electron chi connectivity index (χ2n) is 18.6. The average Bonchev–Trinajstić information content (AvgIpc) is 3.25. The molecular weight excluding hydrogens is 743 g/mol. The quantitative estimate of drug-likeness (QED) is 0.0322. The van der Waals surface area contributed by atoms with Crippen LogP contribution in [0.3, 0.4) is 0 Å². The molecule has 60 heavy (non-hydrogen) atoms. The van der Waals surface area contributed by atoms with Crippen molar-refractivity contribution in [3.05, 3.63) is 12.2 Å². The number of aliphatic hydroxyl groups excluding tert-OH is 2. The van der Waals surface area contributed by atoms with E-state index >= 15 is 0 Å². The van der Waals surface area contributed by atoms with Crippen LogP contribution < -0.4 is 5.32 Å². The maximum Gasteiger partial charge on any atom is 0.305 e. The molecule has 6 heteroatoms. The Bertz CT molecular complexity index is 893. The van der Waals surface area contributed by atoms with Crippen LogP contribution >= 0.6 is 0 Å². The van der Waals surface area contributed by atoms with E-state index in [1.54, 1.807) is 0 Å². The monoisotopic (exact) mass is 848 g/mol. The lowest BCUT2D eigenvalue weighted by molar-refractivity contribution is -0.143. The van der Waals surface area contributed by atoms with Gasteiger partial charge < -0.3 is 20.3 Å². The van der Waals surface area contributed by atoms with Gasteiger partial charge in [-0.3, -0.25) is 9.59 Å². The van der Waals surface area contributed by atoms with Gasteiger partial charge in [-0.2, -0.15) is 0 Å². The third-order valence-electron chi connectivity index (χ3n) is 12.6. The molecule has 0 aromatic rings. The van der Waals surface area contributed by atoms with Crippen LogP contribution in [-0.2, 0) is 14.3 Å². The smallest absolute Gasteiger partial charge is 0.305 e. The number of nitrogens with one attached hydrogen (secondary N) is 1. The van der Waals surface area contributed by atoms with Crippen molar-refractivity contribution in [2.24, 2.45) is 0 Å². The molecule has 0 heterocycles. The normalized spacial score (nSPS) is 12.7. The number of esters is 1. The molecule has 1 amide bonds. The van der Waals surface area contributed by atoms with Gasteiger partial charge in [0.2, 0.25) is 5.91 Å². The van der Waals surface area contributed by atoms with Crippen LogP contribution in [0.1, 0.15) is 296 Å². The first-order valence-corrected chi connectivity index (χ1v) is 26.9. The van der Waals surface area contributed by atoms with Crippen molar-refractivity contribution >= 4 is 11.9 Å². The first-order valence-electron chi connectivity index (χ1n) is 26.9. The van der Waals surface area contributed by atoms with Gasteiger partial charge in [0.1, 0.15) is 0 Å². The van der Waals surface area contributed by atoms with Crippen molar-refractivity contribution in [2.45, 2.75) is 309 Å². The van der Waals surface area contributed by atoms with Gasteiger partial charge in [0.25, 0.3) is 0 Å². The molecule has 0 aliphatic rings. The fraction of sp³-hybridized carbons (Fsp3) is 0.926. The lowest BCUT2D eigenvalue weighted by Gasteiger charge is -2.22. The summed E-state index contributed by atoms with van der Waals surface area (Å²) in [5.74, 6) is -0.0454. The van der Waals surface area contributed by atoms with E-state index < -0.39 is 12.1 Å². The van der Waals surface area contributed by atoms with Crippen LogP contribution in [0.5, 0.6) is 0 Å². The van der Waals surface area contributed by atoms with E-state index in [0.717, 1.165) is 57.8 Å². The fourth-order valence-electron chi connectivity index (χ4n) is 8.40. The van der Waals surface area contributed by atoms with Gasteiger partial charge in [-0.25, -0.2) is 0 Å². The lowest BCUT2D eigenvalue weighted by atomic mass is 10.0. The first-order chi connectivity index (χ1) is 29.5. The van der Waals surface area contributed by atoms with Crippen LogP contribution in [0.15, 0.2) is 12.2 Å². The number of rotatable bonds is 50. The summed E-state index contributed by atoms with van der Waals surface area (Å²) in [6.07, 6.45) is 57.6. The first kappa shape index (κ1) is 58.6. The van der Waals surface area contributed by atoms with Gasteiger partial charge in [-0.1, -0.05) is 244 Å². The Balaban J connectivity index is 3.45. The molecule has 356 valence electrons. The van der Waals surface area contributed by atoms with E-state index in [2.05, 4.69) is 31.3 Å². The topological polar surface area (TPSA) is 95.9 Å². The summed E-state index contributed by atoms with van der Waals surface area (Å²) in [7, 11) is 0. The number of hydrogen-bond acceptors (Lipinski definition) is 5. The summed E-state index contributed by atoms with van der Waals surface area (Å²) in [5, 5.41) is 23.2. The summed E-state index contributed by atoms with van der Waals surface area (Å²) in [6, 6.07) is -0.550. The standard InChI is InChI=1S/C54H105NO5/c1-3-5-7-9-11-13-15-16-23-27-30-34-38-42-46-52(57)51(50-56)55-53(58)47-43-39-35-31-28-24-21-19-17-18-20-22-25-29-33-37-41-45-49-60-54(59)48-44-40-36-32-26-14-12-10-8-6-4-2/h19,21,51-52,56-57H,3-18,20,22-50H2,1-2H3,(H,55,58)/b21-19-. The van der Waals surface area contributed by atoms with Crippen LogP contribution in [0.25, 0.3) is 0 Å². The molecule has 2 unspecified atom stereocenters. The SMILES string of the molecule is CCCCCCCCCCCCCCCCC(O)C(CO)NC(=O)CCCCCCC/C=C\CCCCCCCCCCCOC(=O)CCCCCCCCCCCCC. The minimum absolute atomic E-state index is 0.00285. The average molecular weight is 848 g/mol. The minimum atomic E-state index is -0.671. The highest BCUT2D eigenvalue weighted by Gasteiger charge is 2.20. The van der Waals surface area contributed by atoms with Gasteiger partial charge in [-0.15, -0.1) is 0 Å². The van der Waals surface area contributed by atoms with Crippen molar-refractivity contribution < 1.29 is 24.5 Å². The van der Waals surface area contributed by atoms with Crippen molar-refractivity contribution in [1.29, 1.82) is 0 Å². The number of allylic oxidation sites excluding steroid dienone is 2. The fourth-order valence-corrected chi connectivity index (χ4v) is 8.40. The number of carbonyl (C=O) groups excluding carboxylic acids is 2. The van der Waals surface area contributed by atoms with Crippen LogP contribution in [0.2, 0.25) is 0 Å². The van der Waals surface area contributed by atoms with E-state index in [1.165, 1.54) is 205 Å². The van der Waals surface area contributed by atoms with E-state index in [-0.39, 0.29) is 18.5 Å². The van der Waals surface area contributed by atoms with Crippen molar-refractivity contribution in [2.75, 3.05) is 13.2 Å². The zero-order chi connectivity index (χ0) is 43.7. The number of ether oxygens (including phenoxy) is 1. The summed E-state index contributed by atoms with van der Waals surface area (Å²) in [6.45, 7) is 4.94. The van der Waals surface area contributed by atoms with Crippen LogP contribution in [0.4, 0.5) is 0 Å². The molecule has 0 saturated heterocycles. The van der Waals surface area contributed by atoms with E-state index in [9.17, 15) is 19.8 Å². The number of aliphatic hydroxyl groups is 2. The highest BCUT2D eigenvalue weighted by molar-refractivity contribution is 5.76. The molecule has 0 rings (SSSR count). The Morgan fingerprint density at radius 2 is 0.783 bits per heavy atom. The van der Waals surface area contributed by atoms with Crippen LogP contribution in [0, 0.1) is 0 Å². The lowest BCUT2D eigenvalue weighted by Crippen LogP contribution is -2.45. The molecule has 3 N–H and O–H groups in total. The van der Waals surface area contributed by atoms with Crippen molar-refractivity contribution in [3.8, 4) is 0 Å². The molecule has 0 saturated carbocycles. The van der Waals surface area contributed by atoms with Crippen molar-refractivity contribution in [1.82, 2.24) is 5.32 Å². The van der Waals surface area contributed by atoms with Gasteiger partial charge in [0.05, 0.1) is 25.4 Å². The molecule has 0 aliphatic heterocycles. The molecule has 6 nitrogen and oxygen atoms in total. The molecule has 0 radical (unpaired) electrons. The second kappa shape index (κ2) is 50.2. The van der Waals surface area contributed by atoms with E-state index in [4.69, 9.17) is 4.74 Å². The minimum Gasteiger partial charge on any atom is -0.466 e. The zero-order valence-corrected chi connectivity index (χ0v) is 40.5. The zero-order valence-electron chi connectivity index (χ0n) is 40.5. The number of amides is 1.